The van der Waals surface area contributed by atoms with Crippen LogP contribution in [-0.2, 0) is 10.0 Å². The first kappa shape index (κ1) is 18.6. The van der Waals surface area contributed by atoms with E-state index in [0.717, 1.165) is 0 Å². The van der Waals surface area contributed by atoms with Gasteiger partial charge in [0.2, 0.25) is 16.4 Å². The number of benzene rings is 1. The van der Waals surface area contributed by atoms with E-state index in [0.29, 0.717) is 18.5 Å². The maximum Gasteiger partial charge on any atom is 0.251 e. The van der Waals surface area contributed by atoms with E-state index < -0.39 is 33.8 Å². The molecule has 8 heteroatoms. The Labute approximate surface area is 140 Å². The van der Waals surface area contributed by atoms with Crippen molar-refractivity contribution in [3.05, 3.63) is 29.8 Å². The Balaban J connectivity index is 2.01. The molecule has 2 rings (SSSR count). The monoisotopic (exact) mass is 360 g/mol. The summed E-state index contributed by atoms with van der Waals surface area (Å²) in [5, 5.41) is 2.22. The van der Waals surface area contributed by atoms with Gasteiger partial charge in [0.25, 0.3) is 5.91 Å². The van der Waals surface area contributed by atoms with E-state index in [1.165, 1.54) is 45.0 Å². The Morgan fingerprint density at radius 1 is 1.21 bits per heavy atom. The van der Waals surface area contributed by atoms with Crippen LogP contribution in [0.1, 0.15) is 44.0 Å². The summed E-state index contributed by atoms with van der Waals surface area (Å²) in [5.41, 5.74) is -0.698. The summed E-state index contributed by atoms with van der Waals surface area (Å²) in [6.45, 7) is 4.30. The lowest BCUT2D eigenvalue weighted by atomic mass is 9.86. The number of amides is 1. The molecule has 0 saturated heterocycles. The van der Waals surface area contributed by atoms with Gasteiger partial charge in [-0.15, -0.1) is 0 Å². The van der Waals surface area contributed by atoms with Gasteiger partial charge in [0.05, 0.1) is 5.25 Å². The zero-order chi connectivity index (χ0) is 18.1. The molecule has 1 amide bonds. The van der Waals surface area contributed by atoms with E-state index in [2.05, 4.69) is 10.0 Å². The Morgan fingerprint density at radius 2 is 1.75 bits per heavy atom. The van der Waals surface area contributed by atoms with Gasteiger partial charge in [-0.25, -0.2) is 17.2 Å². The van der Waals surface area contributed by atoms with Gasteiger partial charge in [0, 0.05) is 22.7 Å². The highest BCUT2D eigenvalue weighted by Gasteiger charge is 2.37. The van der Waals surface area contributed by atoms with E-state index in [1.807, 2.05) is 0 Å². The molecule has 1 aromatic rings. The van der Waals surface area contributed by atoms with Crippen molar-refractivity contribution in [3.63, 3.8) is 0 Å². The molecule has 1 saturated carbocycles. The predicted octanol–water partition coefficient (Wildman–Crippen LogP) is 3.00. The molecule has 1 fully saturated rings. The molecule has 0 radical (unpaired) electrons. The molecule has 1 atom stereocenters. The quantitative estimate of drug-likeness (QED) is 0.785. The second-order valence-electron chi connectivity index (χ2n) is 6.74. The zero-order valence-corrected chi connectivity index (χ0v) is 14.7. The third kappa shape index (κ3) is 4.23. The van der Waals surface area contributed by atoms with E-state index >= 15 is 0 Å². The molecule has 1 aliphatic carbocycles. The molecule has 0 aromatic heterocycles. The van der Waals surface area contributed by atoms with E-state index in [9.17, 15) is 22.0 Å². The Hall–Kier alpha value is -1.70. The van der Waals surface area contributed by atoms with Crippen LogP contribution in [0.2, 0.25) is 0 Å². The lowest BCUT2D eigenvalue weighted by Crippen LogP contribution is -2.46. The number of carbonyl (C=O) groups is 1. The summed E-state index contributed by atoms with van der Waals surface area (Å²) >= 11 is 0. The van der Waals surface area contributed by atoms with E-state index in [4.69, 9.17) is 0 Å². The minimum atomic E-state index is -3.36. The number of hydrogen-bond acceptors (Lipinski definition) is 3. The molecule has 5 nitrogen and oxygen atoms in total. The van der Waals surface area contributed by atoms with Crippen LogP contribution in [0.3, 0.4) is 0 Å². The van der Waals surface area contributed by atoms with Gasteiger partial charge in [-0.2, -0.15) is 0 Å². The fraction of sp³-hybridized carbons (Fsp3) is 0.562. The highest BCUT2D eigenvalue weighted by molar-refractivity contribution is 7.93. The number of sulfonamides is 1. The minimum absolute atomic E-state index is 0.279. The maximum atomic E-state index is 13.0. The molecule has 134 valence electrons. The summed E-state index contributed by atoms with van der Waals surface area (Å²) in [6.07, 6.45) is -1.24. The van der Waals surface area contributed by atoms with Crippen LogP contribution in [0, 0.1) is 5.41 Å². The SMILES string of the molecule is CC(NC(=O)c1ccc(NS(=O)(=O)C2CC2)cc1)C(C)(C)C(F)F. The summed E-state index contributed by atoms with van der Waals surface area (Å²) in [5.74, 6) is -0.479. The van der Waals surface area contributed by atoms with Crippen molar-refractivity contribution in [1.82, 2.24) is 5.32 Å². The first-order valence-electron chi connectivity index (χ1n) is 7.74. The summed E-state index contributed by atoms with van der Waals surface area (Å²) in [7, 11) is -3.36. The van der Waals surface area contributed by atoms with Gasteiger partial charge in [0.1, 0.15) is 0 Å². The summed E-state index contributed by atoms with van der Waals surface area (Å²) in [6, 6.07) is 5.16. The number of anilines is 1. The van der Waals surface area contributed by atoms with Gasteiger partial charge in [-0.1, -0.05) is 13.8 Å². The standard InChI is InChI=1S/C16H22F2N2O3S/c1-10(16(2,3)15(17)18)19-14(21)11-4-6-12(7-5-11)20-24(22,23)13-8-9-13/h4-7,10,13,15,20H,8-9H2,1-3H3,(H,19,21). The first-order chi connectivity index (χ1) is 11.0. The van der Waals surface area contributed by atoms with Crippen LogP contribution in [0.4, 0.5) is 14.5 Å². The van der Waals surface area contributed by atoms with Crippen molar-refractivity contribution in [2.45, 2.75) is 51.3 Å². The van der Waals surface area contributed by atoms with Crippen molar-refractivity contribution in [2.75, 3.05) is 4.72 Å². The molecule has 24 heavy (non-hydrogen) atoms. The van der Waals surface area contributed by atoms with Crippen LogP contribution in [-0.4, -0.2) is 32.0 Å². The molecule has 1 aromatic carbocycles. The van der Waals surface area contributed by atoms with Crippen molar-refractivity contribution in [2.24, 2.45) is 5.41 Å². The molecule has 0 heterocycles. The molecule has 1 unspecified atom stereocenters. The second kappa shape index (κ2) is 6.66. The molecular weight excluding hydrogens is 338 g/mol. The van der Waals surface area contributed by atoms with Gasteiger partial charge < -0.3 is 5.32 Å². The normalized spacial score (nSPS) is 16.8. The molecular formula is C16H22F2N2O3S. The van der Waals surface area contributed by atoms with Crippen molar-refractivity contribution < 1.29 is 22.0 Å². The highest BCUT2D eigenvalue weighted by atomic mass is 32.2. The average molecular weight is 360 g/mol. The van der Waals surface area contributed by atoms with Crippen LogP contribution in [0.25, 0.3) is 0 Å². The van der Waals surface area contributed by atoms with Crippen molar-refractivity contribution in [3.8, 4) is 0 Å². The Morgan fingerprint density at radius 3 is 2.21 bits per heavy atom. The van der Waals surface area contributed by atoms with Crippen LogP contribution in [0.5, 0.6) is 0 Å². The van der Waals surface area contributed by atoms with Gasteiger partial charge >= 0.3 is 0 Å². The van der Waals surface area contributed by atoms with E-state index in [-0.39, 0.29) is 10.8 Å². The number of halogens is 2. The number of nitrogens with one attached hydrogen (secondary N) is 2. The molecule has 2 N–H and O–H groups in total. The fourth-order valence-electron chi connectivity index (χ4n) is 1.97. The van der Waals surface area contributed by atoms with Crippen molar-refractivity contribution in [1.29, 1.82) is 0 Å². The smallest absolute Gasteiger partial charge is 0.251 e. The number of rotatable bonds is 7. The zero-order valence-electron chi connectivity index (χ0n) is 13.8. The molecule has 1 aliphatic rings. The second-order valence-corrected chi connectivity index (χ2v) is 8.70. The topological polar surface area (TPSA) is 75.3 Å². The van der Waals surface area contributed by atoms with Crippen LogP contribution >= 0.6 is 0 Å². The maximum absolute atomic E-state index is 13.0. The average Bonchev–Trinajstić information content (AvgIpc) is 3.32. The first-order valence-corrected chi connectivity index (χ1v) is 9.29. The Kier molecular flexibility index (Phi) is 5.17. The van der Waals surface area contributed by atoms with Gasteiger partial charge in [-0.05, 0) is 44.0 Å². The highest BCUT2D eigenvalue weighted by Crippen LogP contribution is 2.30. The number of hydrogen-bond donors (Lipinski definition) is 2. The summed E-state index contributed by atoms with van der Waals surface area (Å²) in [4.78, 5) is 12.1. The third-order valence-corrected chi connectivity index (χ3v) is 6.27. The number of carbonyl (C=O) groups excluding carboxylic acids is 1. The molecule has 0 spiro atoms. The third-order valence-electron chi connectivity index (χ3n) is 4.40. The molecule has 0 aliphatic heterocycles. The van der Waals surface area contributed by atoms with Crippen LogP contribution in [0.15, 0.2) is 24.3 Å². The lowest BCUT2D eigenvalue weighted by molar-refractivity contribution is -0.00127. The number of alkyl halides is 2. The fourth-order valence-corrected chi connectivity index (χ4v) is 3.36. The van der Waals surface area contributed by atoms with Gasteiger partial charge in [-0.3, -0.25) is 9.52 Å². The van der Waals surface area contributed by atoms with Crippen LogP contribution < -0.4 is 10.0 Å². The Bertz CT molecular complexity index is 699. The van der Waals surface area contributed by atoms with E-state index in [1.54, 1.807) is 0 Å². The molecule has 0 bridgehead atoms. The van der Waals surface area contributed by atoms with Crippen molar-refractivity contribution >= 4 is 21.6 Å². The largest absolute Gasteiger partial charge is 0.349 e. The predicted molar refractivity (Wildman–Crippen MR) is 88.7 cm³/mol. The minimum Gasteiger partial charge on any atom is -0.349 e. The lowest BCUT2D eigenvalue weighted by Gasteiger charge is -2.31. The summed E-state index contributed by atoms with van der Waals surface area (Å²) < 4.78 is 52.1. The van der Waals surface area contributed by atoms with Gasteiger partial charge in [0.15, 0.2) is 0 Å².